The molecule has 0 unspecified atom stereocenters. The second-order valence-electron chi connectivity index (χ2n) is 2.88. The van der Waals surface area contributed by atoms with Gasteiger partial charge in [0.1, 0.15) is 5.75 Å². The number of hydrogen-bond donors (Lipinski definition) is 1. The lowest BCUT2D eigenvalue weighted by molar-refractivity contribution is -0.135. The summed E-state index contributed by atoms with van der Waals surface area (Å²) in [4.78, 5) is 21.8. The monoisotopic (exact) mass is 194 g/mol. The number of ether oxygens (including phenoxy) is 1. The predicted molar refractivity (Wildman–Crippen MR) is 48.9 cm³/mol. The van der Waals surface area contributed by atoms with Crippen molar-refractivity contribution in [2.24, 2.45) is 0 Å². The molecule has 0 heterocycles. The van der Waals surface area contributed by atoms with Gasteiger partial charge in [-0.25, -0.2) is 4.79 Å². The molecule has 14 heavy (non-hydrogen) atoms. The van der Waals surface area contributed by atoms with Crippen molar-refractivity contribution in [2.45, 2.75) is 13.8 Å². The van der Waals surface area contributed by atoms with Crippen LogP contribution in [0.25, 0.3) is 0 Å². The lowest BCUT2D eigenvalue weighted by Gasteiger charge is -2.03. The van der Waals surface area contributed by atoms with Crippen LogP contribution < -0.4 is 0 Å². The van der Waals surface area contributed by atoms with Crippen molar-refractivity contribution in [2.75, 3.05) is 0 Å². The van der Waals surface area contributed by atoms with Crippen LogP contribution in [-0.4, -0.2) is 17.0 Å². The Hall–Kier alpha value is -1.84. The quantitative estimate of drug-likeness (QED) is 0.542. The van der Waals surface area contributed by atoms with Crippen LogP contribution in [0.3, 0.4) is 0 Å². The van der Waals surface area contributed by atoms with Crippen LogP contribution in [0.2, 0.25) is 0 Å². The van der Waals surface area contributed by atoms with Crippen LogP contribution in [0.4, 0.5) is 0 Å². The molecule has 1 rings (SSSR count). The maximum Gasteiger partial charge on any atom is 0.346 e. The van der Waals surface area contributed by atoms with Crippen LogP contribution in [0.5, 0.6) is 5.75 Å². The molecule has 4 nitrogen and oxygen atoms in total. The van der Waals surface area contributed by atoms with Gasteiger partial charge in [0.2, 0.25) is 0 Å². The molecule has 1 aromatic rings. The maximum absolute atomic E-state index is 11.3. The lowest BCUT2D eigenvalue weighted by Crippen LogP contribution is -2.10. The zero-order valence-electron chi connectivity index (χ0n) is 7.90. The number of benzene rings is 1. The van der Waals surface area contributed by atoms with Crippen LogP contribution >= 0.6 is 0 Å². The minimum atomic E-state index is -0.745. The number of aryl methyl sites for hydroxylation is 1. The van der Waals surface area contributed by atoms with E-state index in [1.807, 2.05) is 0 Å². The number of esters is 2. The van der Waals surface area contributed by atoms with Crippen molar-refractivity contribution in [3.8, 4) is 5.75 Å². The molecule has 74 valence electrons. The number of hydrogen-bond acceptors (Lipinski definition) is 4. The summed E-state index contributed by atoms with van der Waals surface area (Å²) >= 11 is 0. The molecule has 1 N–H and O–H groups in total. The van der Waals surface area contributed by atoms with Crippen LogP contribution in [0, 0.1) is 6.92 Å². The number of aromatic hydroxyl groups is 1. The topological polar surface area (TPSA) is 63.6 Å². The number of carbonyl (C=O) groups is 2. The summed E-state index contributed by atoms with van der Waals surface area (Å²) in [6.07, 6.45) is 0. The Morgan fingerprint density at radius 1 is 1.36 bits per heavy atom. The Kier molecular flexibility index (Phi) is 2.86. The van der Waals surface area contributed by atoms with Crippen molar-refractivity contribution >= 4 is 11.9 Å². The van der Waals surface area contributed by atoms with E-state index in [1.54, 1.807) is 13.0 Å². The summed E-state index contributed by atoms with van der Waals surface area (Å²) in [6, 6.07) is 4.30. The zero-order chi connectivity index (χ0) is 10.7. The average molecular weight is 194 g/mol. The highest BCUT2D eigenvalue weighted by Gasteiger charge is 2.12. The molecule has 1 aromatic carbocycles. The first kappa shape index (κ1) is 10.2. The zero-order valence-corrected chi connectivity index (χ0v) is 7.90. The molecule has 0 aliphatic carbocycles. The first-order chi connectivity index (χ1) is 6.50. The van der Waals surface area contributed by atoms with Gasteiger partial charge in [-0.1, -0.05) is 6.07 Å². The van der Waals surface area contributed by atoms with Crippen molar-refractivity contribution in [3.05, 3.63) is 29.3 Å². The highest BCUT2D eigenvalue weighted by Crippen LogP contribution is 2.16. The first-order valence-electron chi connectivity index (χ1n) is 4.03. The van der Waals surface area contributed by atoms with Gasteiger partial charge in [0.25, 0.3) is 0 Å². The summed E-state index contributed by atoms with van der Waals surface area (Å²) in [5.74, 6) is -1.45. The number of phenolic OH excluding ortho intramolecular Hbond substituents is 1. The summed E-state index contributed by atoms with van der Waals surface area (Å²) in [5.41, 5.74) is 0.842. The standard InChI is InChI=1S/C10H10O4/c1-6-3-4-8(12)5-9(6)10(13)14-7(2)11/h3-5,12H,1-2H3. The third kappa shape index (κ3) is 2.32. The second-order valence-corrected chi connectivity index (χ2v) is 2.88. The number of carbonyl (C=O) groups excluding carboxylic acids is 2. The van der Waals surface area contributed by atoms with Gasteiger partial charge >= 0.3 is 11.9 Å². The molecule has 0 fully saturated rings. The molecule has 0 atom stereocenters. The third-order valence-corrected chi connectivity index (χ3v) is 1.68. The Morgan fingerprint density at radius 2 is 2.00 bits per heavy atom. The summed E-state index contributed by atoms with van der Waals surface area (Å²) in [6.45, 7) is 2.84. The van der Waals surface area contributed by atoms with Crippen molar-refractivity contribution < 1.29 is 19.4 Å². The maximum atomic E-state index is 11.3. The van der Waals surface area contributed by atoms with Gasteiger partial charge in [-0.05, 0) is 24.6 Å². The molecule has 0 saturated carbocycles. The smallest absolute Gasteiger partial charge is 0.346 e. The highest BCUT2D eigenvalue weighted by molar-refractivity contribution is 5.97. The molecule has 0 bridgehead atoms. The van der Waals surface area contributed by atoms with Gasteiger partial charge in [-0.2, -0.15) is 0 Å². The summed E-state index contributed by atoms with van der Waals surface area (Å²) in [5, 5.41) is 9.13. The Balaban J connectivity index is 3.00. The molecule has 0 aliphatic rings. The van der Waals surface area contributed by atoms with E-state index in [4.69, 9.17) is 5.11 Å². The second kappa shape index (κ2) is 3.91. The number of rotatable bonds is 1. The van der Waals surface area contributed by atoms with E-state index in [2.05, 4.69) is 4.74 Å². The van der Waals surface area contributed by atoms with E-state index in [1.165, 1.54) is 12.1 Å². The first-order valence-corrected chi connectivity index (χ1v) is 4.03. The van der Waals surface area contributed by atoms with Gasteiger partial charge in [-0.15, -0.1) is 0 Å². The molecule has 0 amide bonds. The van der Waals surface area contributed by atoms with Gasteiger partial charge in [0.15, 0.2) is 0 Å². The molecular formula is C10H10O4. The largest absolute Gasteiger partial charge is 0.508 e. The number of phenols is 1. The van der Waals surface area contributed by atoms with Crippen molar-refractivity contribution in [1.29, 1.82) is 0 Å². The molecule has 0 radical (unpaired) electrons. The van der Waals surface area contributed by atoms with Crippen LogP contribution in [0.1, 0.15) is 22.8 Å². The van der Waals surface area contributed by atoms with Gasteiger partial charge < -0.3 is 9.84 Å². The molecule has 0 saturated heterocycles. The molecule has 0 aliphatic heterocycles. The fourth-order valence-corrected chi connectivity index (χ4v) is 1.02. The van der Waals surface area contributed by atoms with Gasteiger partial charge in [-0.3, -0.25) is 4.79 Å². The fraction of sp³-hybridized carbons (Fsp3) is 0.200. The Labute approximate surface area is 81.1 Å². The average Bonchev–Trinajstić information content (AvgIpc) is 2.08. The van der Waals surface area contributed by atoms with E-state index >= 15 is 0 Å². The normalized spacial score (nSPS) is 9.57. The van der Waals surface area contributed by atoms with E-state index in [0.29, 0.717) is 5.56 Å². The Morgan fingerprint density at radius 3 is 2.57 bits per heavy atom. The van der Waals surface area contributed by atoms with Crippen LogP contribution in [-0.2, 0) is 9.53 Å². The third-order valence-electron chi connectivity index (χ3n) is 1.68. The van der Waals surface area contributed by atoms with E-state index in [-0.39, 0.29) is 11.3 Å². The van der Waals surface area contributed by atoms with Gasteiger partial charge in [0, 0.05) is 6.92 Å². The predicted octanol–water partition coefficient (Wildman–Crippen LogP) is 1.40. The minimum absolute atomic E-state index is 0.0360. The molecule has 4 heteroatoms. The SMILES string of the molecule is CC(=O)OC(=O)c1cc(O)ccc1C. The van der Waals surface area contributed by atoms with Gasteiger partial charge in [0.05, 0.1) is 5.56 Å². The minimum Gasteiger partial charge on any atom is -0.508 e. The molecular weight excluding hydrogens is 184 g/mol. The fourth-order valence-electron chi connectivity index (χ4n) is 1.02. The lowest BCUT2D eigenvalue weighted by atomic mass is 10.1. The van der Waals surface area contributed by atoms with E-state index in [0.717, 1.165) is 6.92 Å². The molecule has 0 aromatic heterocycles. The van der Waals surface area contributed by atoms with E-state index < -0.39 is 11.9 Å². The summed E-state index contributed by atoms with van der Waals surface area (Å²) in [7, 11) is 0. The highest BCUT2D eigenvalue weighted by atomic mass is 16.6. The summed E-state index contributed by atoms with van der Waals surface area (Å²) < 4.78 is 4.38. The van der Waals surface area contributed by atoms with E-state index in [9.17, 15) is 9.59 Å². The van der Waals surface area contributed by atoms with Crippen LogP contribution in [0.15, 0.2) is 18.2 Å². The van der Waals surface area contributed by atoms with Crippen molar-refractivity contribution in [3.63, 3.8) is 0 Å². The molecule has 0 spiro atoms. The Bertz CT molecular complexity index is 382. The van der Waals surface area contributed by atoms with Crippen molar-refractivity contribution in [1.82, 2.24) is 0 Å².